The molecule has 26 heavy (non-hydrogen) atoms. The van der Waals surface area contributed by atoms with Gasteiger partial charge < -0.3 is 13.9 Å². The van der Waals surface area contributed by atoms with Gasteiger partial charge in [0, 0.05) is 16.7 Å². The molecule has 2 aromatic heterocycles. The maximum atomic E-state index is 12.5. The zero-order valence-electron chi connectivity index (χ0n) is 14.9. The molecule has 0 aromatic carbocycles. The largest absolute Gasteiger partial charge is 0.462 e. The Labute approximate surface area is 156 Å². The van der Waals surface area contributed by atoms with Crippen molar-refractivity contribution in [2.75, 3.05) is 19.0 Å². The van der Waals surface area contributed by atoms with Crippen LogP contribution in [0.5, 0.6) is 0 Å². The Morgan fingerprint density at radius 2 is 1.96 bits per heavy atom. The van der Waals surface area contributed by atoms with E-state index in [0.29, 0.717) is 27.4 Å². The fourth-order valence-corrected chi connectivity index (χ4v) is 3.45. The lowest BCUT2D eigenvalue weighted by molar-refractivity contribution is -0.137. The molecule has 0 aliphatic carbocycles. The van der Waals surface area contributed by atoms with Gasteiger partial charge in [0.1, 0.15) is 17.3 Å². The first-order chi connectivity index (χ1) is 12.6. The number of aromatic nitrogens is 1. The highest BCUT2D eigenvalue weighted by molar-refractivity contribution is 7.99. The second-order valence-corrected chi connectivity index (χ2v) is 6.37. The van der Waals surface area contributed by atoms with E-state index < -0.39 is 11.9 Å². The van der Waals surface area contributed by atoms with Crippen molar-refractivity contribution in [1.29, 1.82) is 5.26 Å². The molecule has 0 bridgehead atoms. The van der Waals surface area contributed by atoms with Crippen LogP contribution in [-0.2, 0) is 14.3 Å². The third kappa shape index (κ3) is 3.92. The van der Waals surface area contributed by atoms with E-state index in [1.54, 1.807) is 30.5 Å². The van der Waals surface area contributed by atoms with Crippen molar-refractivity contribution in [3.8, 4) is 6.07 Å². The third-order valence-corrected chi connectivity index (χ3v) is 4.49. The number of nitrogens with zero attached hydrogens (tertiary/aromatic N) is 2. The monoisotopic (exact) mass is 372 g/mol. The van der Waals surface area contributed by atoms with E-state index in [2.05, 4.69) is 0 Å². The standard InChI is InChI=1S/C19H20N2O4S/c1-4-24-18(22)13(12-20)11-14-15-9-7-8-10-21(15)16(17(14)26-6-3)19(23)25-5-2/h7-11H,4-6H2,1-3H3. The molecule has 0 saturated carbocycles. The lowest BCUT2D eigenvalue weighted by Crippen LogP contribution is -2.09. The Morgan fingerprint density at radius 3 is 2.58 bits per heavy atom. The summed E-state index contributed by atoms with van der Waals surface area (Å²) in [5.74, 6) is -0.417. The summed E-state index contributed by atoms with van der Waals surface area (Å²) in [6, 6.07) is 7.35. The van der Waals surface area contributed by atoms with Crippen LogP contribution >= 0.6 is 11.8 Å². The van der Waals surface area contributed by atoms with Crippen LogP contribution in [0.1, 0.15) is 36.8 Å². The van der Waals surface area contributed by atoms with Gasteiger partial charge in [-0.05, 0) is 37.8 Å². The van der Waals surface area contributed by atoms with Gasteiger partial charge in [-0.2, -0.15) is 5.26 Å². The van der Waals surface area contributed by atoms with Crippen LogP contribution in [0.4, 0.5) is 0 Å². The normalized spacial score (nSPS) is 11.2. The summed E-state index contributed by atoms with van der Waals surface area (Å²) >= 11 is 1.46. The smallest absolute Gasteiger partial charge is 0.356 e. The van der Waals surface area contributed by atoms with Crippen molar-refractivity contribution in [3.05, 3.63) is 41.2 Å². The fourth-order valence-electron chi connectivity index (χ4n) is 2.52. The topological polar surface area (TPSA) is 80.8 Å². The highest BCUT2D eigenvalue weighted by atomic mass is 32.2. The van der Waals surface area contributed by atoms with E-state index in [1.165, 1.54) is 17.8 Å². The van der Waals surface area contributed by atoms with Gasteiger partial charge in [0.15, 0.2) is 0 Å². The van der Waals surface area contributed by atoms with E-state index in [1.807, 2.05) is 25.1 Å². The predicted molar refractivity (Wildman–Crippen MR) is 100.0 cm³/mol. The molecule has 0 N–H and O–H groups in total. The maximum Gasteiger partial charge on any atom is 0.356 e. The number of rotatable bonds is 7. The number of fused-ring (bicyclic) bond motifs is 1. The van der Waals surface area contributed by atoms with Crippen LogP contribution in [0.25, 0.3) is 11.6 Å². The van der Waals surface area contributed by atoms with Gasteiger partial charge in [-0.1, -0.05) is 13.0 Å². The Bertz CT molecular complexity index is 893. The Hall–Kier alpha value is -2.72. The van der Waals surface area contributed by atoms with Crippen LogP contribution in [0.2, 0.25) is 0 Å². The van der Waals surface area contributed by atoms with Gasteiger partial charge in [0.05, 0.1) is 18.7 Å². The first kappa shape index (κ1) is 19.6. The molecule has 0 fully saturated rings. The van der Waals surface area contributed by atoms with Crippen molar-refractivity contribution in [2.24, 2.45) is 0 Å². The third-order valence-electron chi connectivity index (χ3n) is 3.50. The molecule has 0 aliphatic heterocycles. The van der Waals surface area contributed by atoms with Crippen molar-refractivity contribution in [1.82, 2.24) is 4.40 Å². The Kier molecular flexibility index (Phi) is 6.87. The SMILES string of the molecule is CCOC(=O)C(C#N)=Cc1c(SCC)c(C(=O)OCC)n2ccccc12. The number of hydrogen-bond donors (Lipinski definition) is 0. The van der Waals surface area contributed by atoms with Gasteiger partial charge in [0.2, 0.25) is 0 Å². The minimum atomic E-state index is -0.685. The van der Waals surface area contributed by atoms with Crippen LogP contribution in [0, 0.1) is 11.3 Å². The van der Waals surface area contributed by atoms with Crippen LogP contribution < -0.4 is 0 Å². The molecule has 2 heterocycles. The average molecular weight is 372 g/mol. The summed E-state index contributed by atoms with van der Waals surface area (Å²) in [5.41, 5.74) is 1.62. The Balaban J connectivity index is 2.76. The summed E-state index contributed by atoms with van der Waals surface area (Å²) in [6.07, 6.45) is 3.24. The number of hydrogen-bond acceptors (Lipinski definition) is 6. The van der Waals surface area contributed by atoms with E-state index in [0.717, 1.165) is 0 Å². The summed E-state index contributed by atoms with van der Waals surface area (Å²) in [4.78, 5) is 25.2. The summed E-state index contributed by atoms with van der Waals surface area (Å²) in [7, 11) is 0. The zero-order chi connectivity index (χ0) is 19.1. The van der Waals surface area contributed by atoms with Crippen molar-refractivity contribution in [3.63, 3.8) is 0 Å². The number of pyridine rings is 1. The molecule has 0 amide bonds. The molecule has 2 aromatic rings. The van der Waals surface area contributed by atoms with E-state index in [4.69, 9.17) is 9.47 Å². The number of esters is 2. The van der Waals surface area contributed by atoms with Crippen LogP contribution in [0.3, 0.4) is 0 Å². The quantitative estimate of drug-likeness (QED) is 0.319. The second kappa shape index (κ2) is 9.11. The number of nitriles is 1. The highest BCUT2D eigenvalue weighted by Gasteiger charge is 2.24. The van der Waals surface area contributed by atoms with Crippen molar-refractivity contribution < 1.29 is 19.1 Å². The zero-order valence-corrected chi connectivity index (χ0v) is 15.8. The Morgan fingerprint density at radius 1 is 1.23 bits per heavy atom. The molecular formula is C19H20N2O4S. The summed E-state index contributed by atoms with van der Waals surface area (Å²) in [5, 5.41) is 9.35. The molecule has 2 rings (SSSR count). The molecule has 136 valence electrons. The van der Waals surface area contributed by atoms with Gasteiger partial charge >= 0.3 is 11.9 Å². The van der Waals surface area contributed by atoms with Crippen molar-refractivity contribution in [2.45, 2.75) is 25.7 Å². The molecule has 7 heteroatoms. The van der Waals surface area contributed by atoms with Crippen molar-refractivity contribution >= 4 is 35.3 Å². The predicted octanol–water partition coefficient (Wildman–Crippen LogP) is 3.70. The molecular weight excluding hydrogens is 352 g/mol. The van der Waals surface area contributed by atoms with E-state index in [-0.39, 0.29) is 18.8 Å². The average Bonchev–Trinajstić information content (AvgIpc) is 2.93. The summed E-state index contributed by atoms with van der Waals surface area (Å²) in [6.45, 7) is 5.82. The molecule has 0 aliphatic rings. The molecule has 0 radical (unpaired) electrons. The van der Waals surface area contributed by atoms with Gasteiger partial charge in [-0.25, -0.2) is 9.59 Å². The molecule has 0 unspecified atom stereocenters. The summed E-state index contributed by atoms with van der Waals surface area (Å²) < 4.78 is 11.9. The minimum Gasteiger partial charge on any atom is -0.462 e. The fraction of sp³-hybridized carbons (Fsp3) is 0.316. The number of thioether (sulfide) groups is 1. The lowest BCUT2D eigenvalue weighted by atomic mass is 10.1. The lowest BCUT2D eigenvalue weighted by Gasteiger charge is -2.05. The first-order valence-corrected chi connectivity index (χ1v) is 9.29. The molecule has 6 nitrogen and oxygen atoms in total. The number of ether oxygens (including phenoxy) is 2. The number of carbonyl (C=O) groups excluding carboxylic acids is 2. The molecule has 0 atom stereocenters. The minimum absolute atomic E-state index is 0.114. The maximum absolute atomic E-state index is 12.5. The van der Waals surface area contributed by atoms with E-state index in [9.17, 15) is 14.9 Å². The van der Waals surface area contributed by atoms with Gasteiger partial charge in [0.25, 0.3) is 0 Å². The van der Waals surface area contributed by atoms with Gasteiger partial charge in [-0.15, -0.1) is 11.8 Å². The van der Waals surface area contributed by atoms with Crippen LogP contribution in [0.15, 0.2) is 34.9 Å². The molecule has 0 saturated heterocycles. The van der Waals surface area contributed by atoms with Gasteiger partial charge in [-0.3, -0.25) is 0 Å². The van der Waals surface area contributed by atoms with E-state index >= 15 is 0 Å². The first-order valence-electron chi connectivity index (χ1n) is 8.30. The van der Waals surface area contributed by atoms with Crippen LogP contribution in [-0.4, -0.2) is 35.3 Å². The number of carbonyl (C=O) groups is 2. The molecule has 0 spiro atoms. The second-order valence-electron chi connectivity index (χ2n) is 5.09. The highest BCUT2D eigenvalue weighted by Crippen LogP contribution is 2.35.